The topological polar surface area (TPSA) is 98.5 Å². The van der Waals surface area contributed by atoms with Crippen LogP contribution in [0.3, 0.4) is 0 Å². The summed E-state index contributed by atoms with van der Waals surface area (Å²) in [4.78, 5) is 11.1. The Labute approximate surface area is 116 Å². The second-order valence-corrected chi connectivity index (χ2v) is 6.77. The van der Waals surface area contributed by atoms with Crippen LogP contribution in [-0.2, 0) is 14.8 Å². The zero-order valence-corrected chi connectivity index (χ0v) is 12.2. The molecule has 0 spiro atoms. The summed E-state index contributed by atoms with van der Waals surface area (Å²) in [7, 11) is -4.14. The molecule has 1 radical (unpaired) electrons. The molecule has 105 valence electrons. The van der Waals surface area contributed by atoms with Crippen LogP contribution in [0.2, 0.25) is 5.02 Å². The predicted octanol–water partition coefficient (Wildman–Crippen LogP) is 1.94. The summed E-state index contributed by atoms with van der Waals surface area (Å²) >= 11 is 5.65. The molecule has 0 atom stereocenters. The number of sulfonamides is 1. The van der Waals surface area contributed by atoms with Gasteiger partial charge >= 0.3 is 6.09 Å². The van der Waals surface area contributed by atoms with Crippen molar-refractivity contribution in [3.8, 4) is 0 Å². The molecular formula is C11H14ClN2O4S. The van der Waals surface area contributed by atoms with E-state index in [1.165, 1.54) is 6.07 Å². The molecule has 0 bridgehead atoms. The van der Waals surface area contributed by atoms with Gasteiger partial charge in [0.1, 0.15) is 10.5 Å². The highest BCUT2D eigenvalue weighted by Crippen LogP contribution is 2.22. The third-order valence-corrected chi connectivity index (χ3v) is 3.40. The lowest BCUT2D eigenvalue weighted by atomic mass is 10.2. The van der Waals surface area contributed by atoms with Crippen molar-refractivity contribution in [3.05, 3.63) is 23.2 Å². The van der Waals surface area contributed by atoms with Crippen LogP contribution in [0.4, 0.5) is 10.5 Å². The van der Waals surface area contributed by atoms with Crippen LogP contribution in [0.25, 0.3) is 0 Å². The van der Waals surface area contributed by atoms with Gasteiger partial charge in [-0.25, -0.2) is 17.9 Å². The highest BCUT2D eigenvalue weighted by atomic mass is 35.5. The van der Waals surface area contributed by atoms with Crippen LogP contribution in [0, 0.1) is 6.07 Å². The van der Waals surface area contributed by atoms with Gasteiger partial charge in [-0.15, -0.1) is 0 Å². The number of nitrogens with one attached hydrogen (secondary N) is 1. The van der Waals surface area contributed by atoms with Gasteiger partial charge in [-0.3, -0.25) is 0 Å². The van der Waals surface area contributed by atoms with E-state index >= 15 is 0 Å². The molecule has 8 heteroatoms. The molecule has 0 heterocycles. The quantitative estimate of drug-likeness (QED) is 0.814. The summed E-state index contributed by atoms with van der Waals surface area (Å²) in [5, 5.41) is 0.0683. The Balaban J connectivity index is 2.99. The standard InChI is InChI=1S/C11H14ClN2O4S/c1-11(2,3)18-10(15)14-19(16,17)9-6-7(12)4-5-8(9)13/h5-6H,13H2,1-3H3,(H,14,15). The van der Waals surface area contributed by atoms with E-state index in [2.05, 4.69) is 6.07 Å². The molecule has 1 amide bonds. The number of ether oxygens (including phenoxy) is 1. The maximum absolute atomic E-state index is 11.9. The van der Waals surface area contributed by atoms with Crippen LogP contribution in [0.1, 0.15) is 20.8 Å². The van der Waals surface area contributed by atoms with Crippen LogP contribution < -0.4 is 10.5 Å². The molecule has 1 rings (SSSR count). The van der Waals surface area contributed by atoms with Crippen LogP contribution in [0.5, 0.6) is 0 Å². The number of hydrogen-bond donors (Lipinski definition) is 2. The van der Waals surface area contributed by atoms with Gasteiger partial charge in [0, 0.05) is 11.1 Å². The van der Waals surface area contributed by atoms with Gasteiger partial charge in [0.2, 0.25) is 0 Å². The molecule has 1 aromatic rings. The van der Waals surface area contributed by atoms with Gasteiger partial charge < -0.3 is 10.5 Å². The Morgan fingerprint density at radius 3 is 2.58 bits per heavy atom. The fourth-order valence-electron chi connectivity index (χ4n) is 1.15. The number of carbonyl (C=O) groups excluding carboxylic acids is 1. The molecule has 0 aromatic heterocycles. The van der Waals surface area contributed by atoms with Gasteiger partial charge in [0.15, 0.2) is 0 Å². The lowest BCUT2D eigenvalue weighted by Crippen LogP contribution is -2.36. The van der Waals surface area contributed by atoms with Gasteiger partial charge in [-0.2, -0.15) is 0 Å². The third kappa shape index (κ3) is 4.60. The van der Waals surface area contributed by atoms with Crippen LogP contribution in [0.15, 0.2) is 17.0 Å². The number of rotatable bonds is 2. The van der Waals surface area contributed by atoms with Gasteiger partial charge in [0.25, 0.3) is 10.0 Å². The predicted molar refractivity (Wildman–Crippen MR) is 71.3 cm³/mol. The number of anilines is 1. The summed E-state index contributed by atoms with van der Waals surface area (Å²) < 4.78 is 30.5. The second-order valence-electron chi connectivity index (χ2n) is 4.71. The summed E-state index contributed by atoms with van der Waals surface area (Å²) in [5.41, 5.74) is 4.64. The van der Waals surface area contributed by atoms with Gasteiger partial charge in [0.05, 0.1) is 5.69 Å². The normalized spacial score (nSPS) is 12.0. The summed E-state index contributed by atoms with van der Waals surface area (Å²) in [6.07, 6.45) is -1.09. The Bertz CT molecular complexity index is 593. The number of benzene rings is 1. The lowest BCUT2D eigenvalue weighted by molar-refractivity contribution is 0.0570. The van der Waals surface area contributed by atoms with E-state index in [1.54, 1.807) is 25.5 Å². The molecular weight excluding hydrogens is 292 g/mol. The van der Waals surface area contributed by atoms with Gasteiger partial charge in [-0.05, 0) is 32.9 Å². The fourth-order valence-corrected chi connectivity index (χ4v) is 2.40. The molecule has 0 unspecified atom stereocenters. The Kier molecular flexibility index (Phi) is 4.32. The van der Waals surface area contributed by atoms with Crippen molar-refractivity contribution in [1.29, 1.82) is 0 Å². The minimum atomic E-state index is -4.14. The number of nitrogens with two attached hydrogens (primary N) is 1. The van der Waals surface area contributed by atoms with Crippen molar-refractivity contribution in [2.75, 3.05) is 5.73 Å². The maximum Gasteiger partial charge on any atom is 0.421 e. The summed E-state index contributed by atoms with van der Waals surface area (Å²) in [5.74, 6) is 0. The smallest absolute Gasteiger partial charge is 0.421 e. The fraction of sp³-hybridized carbons (Fsp3) is 0.364. The molecule has 0 aliphatic heterocycles. The monoisotopic (exact) mass is 305 g/mol. The van der Waals surface area contributed by atoms with Crippen molar-refractivity contribution < 1.29 is 17.9 Å². The zero-order chi connectivity index (χ0) is 14.8. The average Bonchev–Trinajstić information content (AvgIpc) is 2.17. The van der Waals surface area contributed by atoms with Crippen molar-refractivity contribution in [2.24, 2.45) is 0 Å². The largest absolute Gasteiger partial charge is 0.443 e. The minimum absolute atomic E-state index is 0.0683. The number of hydrogen-bond acceptors (Lipinski definition) is 5. The Morgan fingerprint density at radius 1 is 1.47 bits per heavy atom. The van der Waals surface area contributed by atoms with Crippen LogP contribution >= 0.6 is 11.6 Å². The first-order valence-corrected chi connectivity index (χ1v) is 7.10. The molecule has 1 aromatic carbocycles. The number of halogens is 1. The van der Waals surface area contributed by atoms with E-state index in [-0.39, 0.29) is 15.6 Å². The molecule has 19 heavy (non-hydrogen) atoms. The van der Waals surface area contributed by atoms with E-state index in [9.17, 15) is 13.2 Å². The maximum atomic E-state index is 11.9. The number of carbonyl (C=O) groups is 1. The van der Waals surface area contributed by atoms with Crippen molar-refractivity contribution in [1.82, 2.24) is 4.72 Å². The first-order valence-electron chi connectivity index (χ1n) is 5.24. The highest BCUT2D eigenvalue weighted by Gasteiger charge is 2.24. The van der Waals surface area contributed by atoms with E-state index in [0.29, 0.717) is 0 Å². The SMILES string of the molecule is CC(C)(C)OC(=O)NS(=O)(=O)c1cc(Cl)[c]cc1N. The molecule has 0 fully saturated rings. The number of nitrogen functional groups attached to an aromatic ring is 1. The summed E-state index contributed by atoms with van der Waals surface area (Å²) in [6.45, 7) is 4.84. The van der Waals surface area contributed by atoms with E-state index in [1.807, 2.05) is 0 Å². The first kappa shape index (κ1) is 15.6. The lowest BCUT2D eigenvalue weighted by Gasteiger charge is -2.19. The molecule has 0 aliphatic carbocycles. The van der Waals surface area contributed by atoms with E-state index < -0.39 is 21.7 Å². The highest BCUT2D eigenvalue weighted by molar-refractivity contribution is 7.90. The summed E-state index contributed by atoms with van der Waals surface area (Å²) in [6, 6.07) is 4.85. The van der Waals surface area contributed by atoms with Crippen molar-refractivity contribution >= 4 is 33.4 Å². The average molecular weight is 306 g/mol. The van der Waals surface area contributed by atoms with E-state index in [4.69, 9.17) is 22.1 Å². The molecule has 0 aliphatic rings. The molecule has 3 N–H and O–H groups in total. The Morgan fingerprint density at radius 2 is 2.05 bits per heavy atom. The first-order chi connectivity index (χ1) is 8.51. The molecule has 6 nitrogen and oxygen atoms in total. The second kappa shape index (κ2) is 5.26. The third-order valence-electron chi connectivity index (χ3n) is 1.81. The zero-order valence-electron chi connectivity index (χ0n) is 10.7. The minimum Gasteiger partial charge on any atom is -0.443 e. The Hall–Kier alpha value is -1.47. The van der Waals surface area contributed by atoms with Crippen molar-refractivity contribution in [2.45, 2.75) is 31.3 Å². The molecule has 0 saturated carbocycles. The van der Waals surface area contributed by atoms with Crippen LogP contribution in [-0.4, -0.2) is 20.1 Å². The van der Waals surface area contributed by atoms with Crippen molar-refractivity contribution in [3.63, 3.8) is 0 Å². The van der Waals surface area contributed by atoms with E-state index in [0.717, 1.165) is 6.07 Å². The van der Waals surface area contributed by atoms with Gasteiger partial charge in [-0.1, -0.05) is 11.6 Å². The molecule has 0 saturated heterocycles. The number of amides is 1.